The number of para-hydroxylation sites is 1. The van der Waals surface area contributed by atoms with Gasteiger partial charge in [0.15, 0.2) is 5.11 Å². The third kappa shape index (κ3) is 3.66. The van der Waals surface area contributed by atoms with E-state index >= 15 is 0 Å². The topological polar surface area (TPSA) is 90.8 Å². The van der Waals surface area contributed by atoms with Crippen molar-refractivity contribution in [3.05, 3.63) is 50.9 Å². The number of H-pyrrole nitrogens is 1. The Morgan fingerprint density at radius 3 is 2.65 bits per heavy atom. The highest BCUT2D eigenvalue weighted by molar-refractivity contribution is 7.80. The highest BCUT2D eigenvalue weighted by atomic mass is 32.1. The largest absolute Gasteiger partial charge is 0.378 e. The van der Waals surface area contributed by atoms with Crippen molar-refractivity contribution < 1.29 is 4.74 Å². The lowest BCUT2D eigenvalue weighted by atomic mass is 10.1. The van der Waals surface area contributed by atoms with E-state index in [4.69, 9.17) is 17.0 Å². The minimum Gasteiger partial charge on any atom is -0.378 e. The lowest BCUT2D eigenvalue weighted by Crippen LogP contribution is -2.42. The second kappa shape index (κ2) is 7.93. The van der Waals surface area contributed by atoms with Gasteiger partial charge in [-0.2, -0.15) is 9.50 Å². The number of aromatic nitrogens is 4. The Bertz CT molecular complexity index is 1190. The van der Waals surface area contributed by atoms with Gasteiger partial charge in [0.2, 0.25) is 5.95 Å². The number of aromatic amines is 1. The number of hydrogen-bond acceptors (Lipinski definition) is 6. The Balaban J connectivity index is 1.41. The number of ether oxygens (including phenoxy) is 1. The van der Waals surface area contributed by atoms with Gasteiger partial charge in [-0.15, -0.1) is 0 Å². The molecule has 2 N–H and O–H groups in total. The number of hydrogen-bond donors (Lipinski definition) is 2. The second-order valence-electron chi connectivity index (χ2n) is 7.99. The zero-order chi connectivity index (χ0) is 21.5. The van der Waals surface area contributed by atoms with E-state index in [2.05, 4.69) is 51.3 Å². The molecule has 0 unspecified atom stereocenters. The summed E-state index contributed by atoms with van der Waals surface area (Å²) in [5.41, 5.74) is 4.63. The van der Waals surface area contributed by atoms with Crippen molar-refractivity contribution in [1.82, 2.24) is 24.5 Å². The zero-order valence-corrected chi connectivity index (χ0v) is 18.5. The molecule has 2 aromatic heterocycles. The highest BCUT2D eigenvalue weighted by Gasteiger charge is 2.25. The Morgan fingerprint density at radius 2 is 1.90 bits per heavy atom. The maximum absolute atomic E-state index is 13.2. The van der Waals surface area contributed by atoms with Gasteiger partial charge < -0.3 is 19.9 Å². The minimum absolute atomic E-state index is 0.119. The van der Waals surface area contributed by atoms with Crippen LogP contribution in [0.2, 0.25) is 0 Å². The number of benzene rings is 1. The zero-order valence-electron chi connectivity index (χ0n) is 17.6. The molecule has 10 heteroatoms. The molecule has 0 bridgehead atoms. The quantitative estimate of drug-likeness (QED) is 0.583. The van der Waals surface area contributed by atoms with Gasteiger partial charge in [0.1, 0.15) is 0 Å². The normalized spacial score (nSPS) is 16.5. The van der Waals surface area contributed by atoms with Crippen molar-refractivity contribution in [2.75, 3.05) is 43.1 Å². The van der Waals surface area contributed by atoms with E-state index in [9.17, 15) is 4.79 Å². The lowest BCUT2D eigenvalue weighted by molar-refractivity contribution is 0.122. The molecular formula is C21H25N7O2S. The van der Waals surface area contributed by atoms with Crippen LogP contribution in [0.3, 0.4) is 0 Å². The fraction of sp³-hybridized carbons (Fsp3) is 0.429. The third-order valence-corrected chi connectivity index (χ3v) is 6.30. The van der Waals surface area contributed by atoms with E-state index in [0.717, 1.165) is 35.6 Å². The Hall–Kier alpha value is -2.98. The Kier molecular flexibility index (Phi) is 5.11. The van der Waals surface area contributed by atoms with Gasteiger partial charge in [-0.05, 0) is 37.2 Å². The fourth-order valence-corrected chi connectivity index (χ4v) is 4.40. The minimum atomic E-state index is -0.119. The molecule has 0 saturated carbocycles. The third-order valence-electron chi connectivity index (χ3n) is 5.94. The second-order valence-corrected chi connectivity index (χ2v) is 8.38. The monoisotopic (exact) mass is 439 g/mol. The van der Waals surface area contributed by atoms with E-state index in [1.807, 2.05) is 11.0 Å². The molecule has 2 aliphatic rings. The maximum Gasteiger partial charge on any atom is 0.279 e. The number of nitrogens with one attached hydrogen (secondary N) is 2. The first kappa shape index (κ1) is 20.0. The van der Waals surface area contributed by atoms with Crippen LogP contribution >= 0.6 is 12.2 Å². The molecule has 162 valence electrons. The summed E-state index contributed by atoms with van der Waals surface area (Å²) < 4.78 is 6.84. The van der Waals surface area contributed by atoms with Crippen LogP contribution in [0.15, 0.2) is 23.0 Å². The highest BCUT2D eigenvalue weighted by Crippen LogP contribution is 2.22. The smallest absolute Gasteiger partial charge is 0.279 e. The average Bonchev–Trinajstić information content (AvgIpc) is 3.21. The van der Waals surface area contributed by atoms with E-state index < -0.39 is 0 Å². The van der Waals surface area contributed by atoms with Gasteiger partial charge in [0.25, 0.3) is 11.3 Å². The van der Waals surface area contributed by atoms with Crippen molar-refractivity contribution in [1.29, 1.82) is 0 Å². The number of anilines is 2. The first-order valence-corrected chi connectivity index (χ1v) is 10.9. The predicted octanol–water partition coefficient (Wildman–Crippen LogP) is 1.63. The van der Waals surface area contributed by atoms with Crippen molar-refractivity contribution in [2.45, 2.75) is 26.8 Å². The van der Waals surface area contributed by atoms with Crippen LogP contribution in [0.4, 0.5) is 11.6 Å². The summed E-state index contributed by atoms with van der Waals surface area (Å²) in [7, 11) is 0. The van der Waals surface area contributed by atoms with Gasteiger partial charge >= 0.3 is 0 Å². The van der Waals surface area contributed by atoms with Crippen LogP contribution in [-0.4, -0.2) is 62.4 Å². The van der Waals surface area contributed by atoms with Crippen LogP contribution in [0.5, 0.6) is 0 Å². The molecule has 0 amide bonds. The van der Waals surface area contributed by atoms with Crippen molar-refractivity contribution >= 4 is 34.7 Å². The molecular weight excluding hydrogens is 414 g/mol. The lowest BCUT2D eigenvalue weighted by Gasteiger charge is -2.30. The summed E-state index contributed by atoms with van der Waals surface area (Å²) in [4.78, 5) is 26.5. The molecule has 9 nitrogen and oxygen atoms in total. The summed E-state index contributed by atoms with van der Waals surface area (Å²) >= 11 is 5.68. The molecule has 0 atom stereocenters. The molecule has 1 saturated heterocycles. The van der Waals surface area contributed by atoms with Crippen molar-refractivity contribution in [2.24, 2.45) is 0 Å². The Labute approximate surface area is 185 Å². The summed E-state index contributed by atoms with van der Waals surface area (Å²) in [5.74, 6) is 1.06. The standard InChI is InChI=1S/C21H25N7O2S/c1-13-4-3-5-14(2)17(13)23-21(31)27-7-6-16-15(12-27)18(29)28-19(22-16)24-20(25-28)26-8-10-30-11-9-26/h3-5H,6-12H2,1-2H3,(H,23,31)(H,22,24,25). The summed E-state index contributed by atoms with van der Waals surface area (Å²) in [6.45, 7) is 8.01. The van der Waals surface area contributed by atoms with E-state index in [1.165, 1.54) is 4.52 Å². The van der Waals surface area contributed by atoms with Gasteiger partial charge in [0.05, 0.1) is 31.0 Å². The van der Waals surface area contributed by atoms with Crippen molar-refractivity contribution in [3.8, 4) is 0 Å². The molecule has 2 aliphatic heterocycles. The predicted molar refractivity (Wildman–Crippen MR) is 123 cm³/mol. The summed E-state index contributed by atoms with van der Waals surface area (Å²) in [6, 6.07) is 6.14. The molecule has 0 aliphatic carbocycles. The van der Waals surface area contributed by atoms with Crippen LogP contribution < -0.4 is 15.8 Å². The first-order valence-electron chi connectivity index (χ1n) is 10.5. The summed E-state index contributed by atoms with van der Waals surface area (Å²) in [5, 5.41) is 7.11. The molecule has 0 spiro atoms. The average molecular weight is 440 g/mol. The number of rotatable bonds is 2. The number of fused-ring (bicyclic) bond motifs is 2. The molecule has 3 aromatic rings. The number of morpholine rings is 1. The van der Waals surface area contributed by atoms with Crippen LogP contribution in [0, 0.1) is 13.8 Å². The van der Waals surface area contributed by atoms with E-state index in [1.54, 1.807) is 0 Å². The van der Waals surface area contributed by atoms with Crippen LogP contribution in [0.1, 0.15) is 22.4 Å². The van der Waals surface area contributed by atoms with E-state index in [-0.39, 0.29) is 5.56 Å². The molecule has 31 heavy (non-hydrogen) atoms. The van der Waals surface area contributed by atoms with Crippen LogP contribution in [-0.2, 0) is 17.7 Å². The Morgan fingerprint density at radius 1 is 1.16 bits per heavy atom. The maximum atomic E-state index is 13.2. The molecule has 0 radical (unpaired) electrons. The molecule has 1 fully saturated rings. The first-order chi connectivity index (χ1) is 15.0. The van der Waals surface area contributed by atoms with Gasteiger partial charge in [-0.1, -0.05) is 18.2 Å². The molecule has 4 heterocycles. The molecule has 1 aromatic carbocycles. The van der Waals surface area contributed by atoms with Crippen LogP contribution in [0.25, 0.3) is 5.78 Å². The van der Waals surface area contributed by atoms with Crippen molar-refractivity contribution in [3.63, 3.8) is 0 Å². The fourth-order valence-electron chi connectivity index (χ4n) is 4.15. The van der Waals surface area contributed by atoms with E-state index in [0.29, 0.717) is 55.1 Å². The molecule has 5 rings (SSSR count). The van der Waals surface area contributed by atoms with Gasteiger partial charge in [-0.25, -0.2) is 4.98 Å². The van der Waals surface area contributed by atoms with Gasteiger partial charge in [-0.3, -0.25) is 9.89 Å². The van der Waals surface area contributed by atoms with Gasteiger partial charge in [0, 0.05) is 31.7 Å². The number of thiocarbonyl (C=S) groups is 1. The number of aryl methyl sites for hydroxylation is 2. The number of nitrogens with zero attached hydrogens (tertiary/aromatic N) is 5. The SMILES string of the molecule is Cc1cccc(C)c1NC(=S)N1CCc2nc3nc(N4CCOCC4)[nH]n3c(=O)c2C1. The summed E-state index contributed by atoms with van der Waals surface area (Å²) in [6.07, 6.45) is 0.648.